The van der Waals surface area contributed by atoms with Gasteiger partial charge in [-0.1, -0.05) is 13.2 Å². The zero-order valence-corrected chi connectivity index (χ0v) is 14.8. The van der Waals surface area contributed by atoms with Crippen LogP contribution in [0.25, 0.3) is 0 Å². The Morgan fingerprint density at radius 2 is 1.50 bits per heavy atom. The number of rotatable bonds is 6. The first kappa shape index (κ1) is 17.2. The molecule has 0 N–H and O–H groups in total. The SMILES string of the molecule is C=C(C)C(=O)OCC1C2CC3CC(C2)CC1(COC(=O)C(=C)C)C3. The Hall–Kier alpha value is -1.58. The number of hydrogen-bond acceptors (Lipinski definition) is 4. The summed E-state index contributed by atoms with van der Waals surface area (Å²) in [5.41, 5.74) is 0.835. The van der Waals surface area contributed by atoms with Crippen molar-refractivity contribution < 1.29 is 19.1 Å². The third-order valence-corrected chi connectivity index (χ3v) is 6.27. The molecule has 0 aliphatic heterocycles. The van der Waals surface area contributed by atoms with Gasteiger partial charge in [-0.2, -0.15) is 0 Å². The number of carbonyl (C=O) groups excluding carboxylic acids is 2. The lowest BCUT2D eigenvalue weighted by molar-refractivity contribution is -0.176. The number of ether oxygens (including phenoxy) is 2. The van der Waals surface area contributed by atoms with E-state index < -0.39 is 0 Å². The minimum absolute atomic E-state index is 0.0325. The van der Waals surface area contributed by atoms with E-state index in [1.54, 1.807) is 13.8 Å². The Morgan fingerprint density at radius 3 is 2.04 bits per heavy atom. The molecule has 0 aromatic rings. The molecule has 4 nitrogen and oxygen atoms in total. The predicted octanol–water partition coefficient (Wildman–Crippen LogP) is 3.67. The van der Waals surface area contributed by atoms with Gasteiger partial charge < -0.3 is 9.47 Å². The van der Waals surface area contributed by atoms with Gasteiger partial charge in [0.1, 0.15) is 0 Å². The zero-order chi connectivity index (χ0) is 17.5. The van der Waals surface area contributed by atoms with Gasteiger partial charge >= 0.3 is 11.9 Å². The predicted molar refractivity (Wildman–Crippen MR) is 91.0 cm³/mol. The molecule has 0 aromatic carbocycles. The molecule has 4 rings (SSSR count). The minimum Gasteiger partial charge on any atom is -0.462 e. The third kappa shape index (κ3) is 3.15. The molecule has 0 amide bonds. The second-order valence-electron chi connectivity index (χ2n) is 8.31. The van der Waals surface area contributed by atoms with Gasteiger partial charge in [-0.15, -0.1) is 0 Å². The summed E-state index contributed by atoms with van der Waals surface area (Å²) < 4.78 is 11.1. The third-order valence-electron chi connectivity index (χ3n) is 6.27. The first-order valence-corrected chi connectivity index (χ1v) is 8.96. The lowest BCUT2D eigenvalue weighted by atomic mass is 9.45. The summed E-state index contributed by atoms with van der Waals surface area (Å²) >= 11 is 0. The van der Waals surface area contributed by atoms with Crippen molar-refractivity contribution in [2.75, 3.05) is 13.2 Å². The molecule has 3 unspecified atom stereocenters. The van der Waals surface area contributed by atoms with E-state index in [4.69, 9.17) is 9.47 Å². The first-order chi connectivity index (χ1) is 11.3. The van der Waals surface area contributed by atoms with Crippen LogP contribution in [-0.2, 0) is 19.1 Å². The summed E-state index contributed by atoms with van der Waals surface area (Å²) in [6, 6.07) is 0. The van der Waals surface area contributed by atoms with Crippen LogP contribution in [0.15, 0.2) is 24.3 Å². The fraction of sp³-hybridized carbons (Fsp3) is 0.700. The Kier molecular flexibility index (Phi) is 4.58. The molecule has 0 saturated heterocycles. The van der Waals surface area contributed by atoms with Crippen LogP contribution >= 0.6 is 0 Å². The lowest BCUT2D eigenvalue weighted by Gasteiger charge is -2.60. The van der Waals surface area contributed by atoms with E-state index in [1.165, 1.54) is 19.3 Å². The van der Waals surface area contributed by atoms with Crippen LogP contribution in [0.4, 0.5) is 0 Å². The van der Waals surface area contributed by atoms with E-state index in [0.717, 1.165) is 24.7 Å². The Bertz CT molecular complexity index is 562. The monoisotopic (exact) mass is 332 g/mol. The van der Waals surface area contributed by atoms with Crippen molar-refractivity contribution in [3.05, 3.63) is 24.3 Å². The molecule has 4 saturated carbocycles. The van der Waals surface area contributed by atoms with Gasteiger partial charge in [0.15, 0.2) is 0 Å². The van der Waals surface area contributed by atoms with Crippen molar-refractivity contribution in [1.29, 1.82) is 0 Å². The summed E-state index contributed by atoms with van der Waals surface area (Å²) in [6.45, 7) is 11.5. The maximum atomic E-state index is 11.9. The average Bonchev–Trinajstić information content (AvgIpc) is 2.50. The Morgan fingerprint density at radius 1 is 0.958 bits per heavy atom. The van der Waals surface area contributed by atoms with Crippen LogP contribution in [0.3, 0.4) is 0 Å². The highest BCUT2D eigenvalue weighted by atomic mass is 16.5. The molecular formula is C20H28O4. The Labute approximate surface area is 144 Å². The van der Waals surface area contributed by atoms with Gasteiger partial charge in [0.05, 0.1) is 13.2 Å². The second-order valence-corrected chi connectivity index (χ2v) is 8.31. The maximum absolute atomic E-state index is 11.9. The normalized spacial score (nSPS) is 36.2. The van der Waals surface area contributed by atoms with Gasteiger partial charge in [-0.3, -0.25) is 0 Å². The van der Waals surface area contributed by atoms with E-state index in [0.29, 0.717) is 30.3 Å². The van der Waals surface area contributed by atoms with E-state index >= 15 is 0 Å². The second kappa shape index (κ2) is 6.38. The zero-order valence-electron chi connectivity index (χ0n) is 14.8. The van der Waals surface area contributed by atoms with Crippen molar-refractivity contribution >= 4 is 11.9 Å². The van der Waals surface area contributed by atoms with E-state index in [1.807, 2.05) is 0 Å². The van der Waals surface area contributed by atoms with Gasteiger partial charge in [0.2, 0.25) is 0 Å². The van der Waals surface area contributed by atoms with Gasteiger partial charge in [-0.05, 0) is 63.7 Å². The topological polar surface area (TPSA) is 52.6 Å². The number of carbonyl (C=O) groups is 2. The quantitative estimate of drug-likeness (QED) is 0.550. The molecule has 3 atom stereocenters. The van der Waals surface area contributed by atoms with Crippen molar-refractivity contribution in [3.63, 3.8) is 0 Å². The minimum atomic E-state index is -0.321. The smallest absolute Gasteiger partial charge is 0.333 e. The molecule has 4 bridgehead atoms. The van der Waals surface area contributed by atoms with Crippen LogP contribution in [0, 0.1) is 29.1 Å². The van der Waals surface area contributed by atoms with Crippen LogP contribution in [0.1, 0.15) is 46.0 Å². The summed E-state index contributed by atoms with van der Waals surface area (Å²) in [6.07, 6.45) is 5.92. The van der Waals surface area contributed by atoms with Gasteiger partial charge in [0, 0.05) is 22.5 Å². The van der Waals surface area contributed by atoms with Gasteiger partial charge in [0.25, 0.3) is 0 Å². The molecule has 0 spiro atoms. The lowest BCUT2D eigenvalue weighted by Crippen LogP contribution is -2.56. The highest BCUT2D eigenvalue weighted by molar-refractivity contribution is 5.87. The van der Waals surface area contributed by atoms with E-state index in [9.17, 15) is 9.59 Å². The highest BCUT2D eigenvalue weighted by Crippen LogP contribution is 2.63. The summed E-state index contributed by atoms with van der Waals surface area (Å²) in [5, 5.41) is 0. The van der Waals surface area contributed by atoms with Crippen LogP contribution in [0.5, 0.6) is 0 Å². The summed E-state index contributed by atoms with van der Waals surface area (Å²) in [4.78, 5) is 23.7. The van der Waals surface area contributed by atoms with Crippen LogP contribution in [0.2, 0.25) is 0 Å². The van der Waals surface area contributed by atoms with Crippen LogP contribution in [-0.4, -0.2) is 25.2 Å². The molecule has 0 heterocycles. The maximum Gasteiger partial charge on any atom is 0.333 e. The summed E-state index contributed by atoms with van der Waals surface area (Å²) in [7, 11) is 0. The molecule has 4 fully saturated rings. The fourth-order valence-corrected chi connectivity index (χ4v) is 5.47. The molecular weight excluding hydrogens is 304 g/mol. The molecule has 4 aliphatic rings. The average molecular weight is 332 g/mol. The molecule has 132 valence electrons. The molecule has 4 heteroatoms. The van der Waals surface area contributed by atoms with Crippen molar-refractivity contribution in [2.45, 2.75) is 46.0 Å². The van der Waals surface area contributed by atoms with Crippen molar-refractivity contribution in [2.24, 2.45) is 29.1 Å². The Balaban J connectivity index is 1.74. The first-order valence-electron chi connectivity index (χ1n) is 8.96. The van der Waals surface area contributed by atoms with Crippen molar-refractivity contribution in [1.82, 2.24) is 0 Å². The highest BCUT2D eigenvalue weighted by Gasteiger charge is 2.57. The molecule has 0 radical (unpaired) electrons. The molecule has 4 aliphatic carbocycles. The van der Waals surface area contributed by atoms with E-state index in [2.05, 4.69) is 13.2 Å². The summed E-state index contributed by atoms with van der Waals surface area (Å²) in [5.74, 6) is 1.70. The number of hydrogen-bond donors (Lipinski definition) is 0. The number of esters is 2. The fourth-order valence-electron chi connectivity index (χ4n) is 5.47. The standard InChI is InChI=1S/C20H28O4/c1-12(2)18(21)23-10-17-16-6-14-5-15(7-16)9-20(17,8-14)11-24-19(22)13(3)4/h14-17H,1,3,5-11H2,2,4H3. The van der Waals surface area contributed by atoms with Crippen molar-refractivity contribution in [3.8, 4) is 0 Å². The molecule has 0 aromatic heterocycles. The largest absolute Gasteiger partial charge is 0.462 e. The van der Waals surface area contributed by atoms with Gasteiger partial charge in [-0.25, -0.2) is 9.59 Å². The van der Waals surface area contributed by atoms with Crippen LogP contribution < -0.4 is 0 Å². The van der Waals surface area contributed by atoms with E-state index in [-0.39, 0.29) is 23.3 Å². The molecule has 24 heavy (non-hydrogen) atoms.